The number of nitrogens with one attached hydrogen (secondary N) is 1. The molecule has 1 aliphatic rings. The number of likely N-dealkylation sites (tertiary alicyclic amines) is 1. The standard InChI is InChI=1S/C21H24N4O2/c1-27-21(26)13-17-12-20(24-23-17)15-7-10-25(11-8-15)14-16-6-9-22-19-5-3-2-4-18(16)19/h2-6,9,12,15H,7-8,10-11,13-14H2,1H3,(H,23,24). The third-order valence-electron chi connectivity index (χ3n) is 5.35. The fraction of sp³-hybridized carbons (Fsp3) is 0.381. The van der Waals surface area contributed by atoms with E-state index in [9.17, 15) is 4.79 Å². The number of hydrogen-bond donors (Lipinski definition) is 1. The molecule has 3 aromatic rings. The highest BCUT2D eigenvalue weighted by molar-refractivity contribution is 5.81. The predicted octanol–water partition coefficient (Wildman–Crippen LogP) is 3.05. The second-order valence-electron chi connectivity index (χ2n) is 7.11. The van der Waals surface area contributed by atoms with Gasteiger partial charge in [0.05, 0.1) is 24.7 Å². The molecule has 0 saturated carbocycles. The van der Waals surface area contributed by atoms with Crippen molar-refractivity contribution in [3.05, 3.63) is 59.5 Å². The summed E-state index contributed by atoms with van der Waals surface area (Å²) in [5.41, 5.74) is 4.27. The minimum absolute atomic E-state index is 0.246. The summed E-state index contributed by atoms with van der Waals surface area (Å²) in [5, 5.41) is 8.62. The van der Waals surface area contributed by atoms with Gasteiger partial charge >= 0.3 is 5.97 Å². The lowest BCUT2D eigenvalue weighted by atomic mass is 9.93. The summed E-state index contributed by atoms with van der Waals surface area (Å²) < 4.78 is 4.71. The molecular weight excluding hydrogens is 340 g/mol. The quantitative estimate of drug-likeness (QED) is 0.705. The number of carbonyl (C=O) groups excluding carboxylic acids is 1. The Hall–Kier alpha value is -2.73. The predicted molar refractivity (Wildman–Crippen MR) is 103 cm³/mol. The number of methoxy groups -OCH3 is 1. The highest BCUT2D eigenvalue weighted by Gasteiger charge is 2.23. The van der Waals surface area contributed by atoms with E-state index in [4.69, 9.17) is 4.74 Å². The van der Waals surface area contributed by atoms with Crippen LogP contribution in [0.5, 0.6) is 0 Å². The van der Waals surface area contributed by atoms with Gasteiger partial charge in [-0.05, 0) is 49.7 Å². The Morgan fingerprint density at radius 2 is 2.07 bits per heavy atom. The van der Waals surface area contributed by atoms with Crippen molar-refractivity contribution in [1.29, 1.82) is 0 Å². The van der Waals surface area contributed by atoms with E-state index in [0.717, 1.165) is 49.4 Å². The molecule has 0 amide bonds. The largest absolute Gasteiger partial charge is 0.469 e. The Kier molecular flexibility index (Phi) is 5.16. The van der Waals surface area contributed by atoms with E-state index < -0.39 is 0 Å². The molecule has 1 N–H and O–H groups in total. The summed E-state index contributed by atoms with van der Waals surface area (Å²) in [7, 11) is 1.40. The van der Waals surface area contributed by atoms with Crippen LogP contribution in [0.2, 0.25) is 0 Å². The number of fused-ring (bicyclic) bond motifs is 1. The zero-order chi connectivity index (χ0) is 18.6. The number of carbonyl (C=O) groups is 1. The van der Waals surface area contributed by atoms with Gasteiger partial charge in [-0.3, -0.25) is 19.8 Å². The SMILES string of the molecule is COC(=O)Cc1cc(C2CCN(Cc3ccnc4ccccc34)CC2)n[nH]1. The van der Waals surface area contributed by atoms with Crippen molar-refractivity contribution in [2.45, 2.75) is 31.7 Å². The van der Waals surface area contributed by atoms with Crippen LogP contribution in [0.15, 0.2) is 42.6 Å². The summed E-state index contributed by atoms with van der Waals surface area (Å²) >= 11 is 0. The maximum atomic E-state index is 11.4. The number of pyridine rings is 1. The molecule has 0 atom stereocenters. The molecule has 1 saturated heterocycles. The number of benzene rings is 1. The highest BCUT2D eigenvalue weighted by Crippen LogP contribution is 2.28. The van der Waals surface area contributed by atoms with Crippen molar-refractivity contribution in [3.63, 3.8) is 0 Å². The van der Waals surface area contributed by atoms with Crippen molar-refractivity contribution >= 4 is 16.9 Å². The maximum Gasteiger partial charge on any atom is 0.311 e. The van der Waals surface area contributed by atoms with Crippen LogP contribution in [0.4, 0.5) is 0 Å². The second kappa shape index (κ2) is 7.88. The Labute approximate surface area is 158 Å². The van der Waals surface area contributed by atoms with Crippen molar-refractivity contribution in [1.82, 2.24) is 20.1 Å². The van der Waals surface area contributed by atoms with Gasteiger partial charge in [0.2, 0.25) is 0 Å². The number of aromatic nitrogens is 3. The van der Waals surface area contributed by atoms with Crippen LogP contribution < -0.4 is 0 Å². The Bertz CT molecular complexity index is 923. The summed E-state index contributed by atoms with van der Waals surface area (Å²) in [6, 6.07) is 12.5. The number of aromatic amines is 1. The normalized spacial score (nSPS) is 15.9. The fourth-order valence-corrected chi connectivity index (χ4v) is 3.83. The van der Waals surface area contributed by atoms with Crippen LogP contribution in [0.1, 0.15) is 35.7 Å². The zero-order valence-corrected chi connectivity index (χ0v) is 15.5. The number of hydrogen-bond acceptors (Lipinski definition) is 5. The van der Waals surface area contributed by atoms with Gasteiger partial charge < -0.3 is 4.74 Å². The lowest BCUT2D eigenvalue weighted by molar-refractivity contribution is -0.139. The van der Waals surface area contributed by atoms with Gasteiger partial charge in [0.1, 0.15) is 0 Å². The lowest BCUT2D eigenvalue weighted by Gasteiger charge is -2.31. The van der Waals surface area contributed by atoms with E-state index in [0.29, 0.717) is 5.92 Å². The van der Waals surface area contributed by atoms with Gasteiger partial charge in [0.15, 0.2) is 0 Å². The molecule has 0 bridgehead atoms. The zero-order valence-electron chi connectivity index (χ0n) is 15.5. The van der Waals surface area contributed by atoms with Crippen LogP contribution in [0.3, 0.4) is 0 Å². The van der Waals surface area contributed by atoms with Crippen LogP contribution >= 0.6 is 0 Å². The molecule has 1 aliphatic heterocycles. The number of rotatable bonds is 5. The fourth-order valence-electron chi connectivity index (χ4n) is 3.83. The van der Waals surface area contributed by atoms with Crippen molar-refractivity contribution in [2.24, 2.45) is 0 Å². The molecule has 6 nitrogen and oxygen atoms in total. The smallest absolute Gasteiger partial charge is 0.311 e. The molecule has 0 radical (unpaired) electrons. The molecule has 0 aliphatic carbocycles. The summed E-state index contributed by atoms with van der Waals surface area (Å²) in [5.74, 6) is 0.197. The number of para-hydroxylation sites is 1. The van der Waals surface area contributed by atoms with Gasteiger partial charge in [0, 0.05) is 29.7 Å². The first-order chi connectivity index (χ1) is 13.2. The third kappa shape index (κ3) is 4.01. The average Bonchev–Trinajstić information content (AvgIpc) is 3.17. The van der Waals surface area contributed by atoms with Crippen LogP contribution in [-0.2, 0) is 22.5 Å². The maximum absolute atomic E-state index is 11.4. The molecule has 2 aromatic heterocycles. The minimum Gasteiger partial charge on any atom is -0.469 e. The first-order valence-corrected chi connectivity index (χ1v) is 9.39. The number of ether oxygens (including phenoxy) is 1. The molecule has 0 unspecified atom stereocenters. The number of H-pyrrole nitrogens is 1. The van der Waals surface area contributed by atoms with Gasteiger partial charge in [-0.2, -0.15) is 5.10 Å². The number of piperidine rings is 1. The first kappa shape index (κ1) is 17.7. The molecule has 4 rings (SSSR count). The van der Waals surface area contributed by atoms with E-state index in [1.807, 2.05) is 18.3 Å². The lowest BCUT2D eigenvalue weighted by Crippen LogP contribution is -2.32. The van der Waals surface area contributed by atoms with Crippen LogP contribution in [0.25, 0.3) is 10.9 Å². The molecule has 3 heterocycles. The van der Waals surface area contributed by atoms with Crippen LogP contribution in [0, 0.1) is 0 Å². The Balaban J connectivity index is 1.37. The van der Waals surface area contributed by atoms with E-state index >= 15 is 0 Å². The summed E-state index contributed by atoms with van der Waals surface area (Å²) in [4.78, 5) is 18.3. The second-order valence-corrected chi connectivity index (χ2v) is 7.11. The molecule has 1 aromatic carbocycles. The van der Waals surface area contributed by atoms with Gasteiger partial charge in [-0.1, -0.05) is 18.2 Å². The van der Waals surface area contributed by atoms with Crippen LogP contribution in [-0.4, -0.2) is 46.2 Å². The number of esters is 1. The molecule has 140 valence electrons. The highest BCUT2D eigenvalue weighted by atomic mass is 16.5. The number of nitrogens with zero attached hydrogens (tertiary/aromatic N) is 3. The topological polar surface area (TPSA) is 71.1 Å². The van der Waals surface area contributed by atoms with E-state index in [1.54, 1.807) is 0 Å². The minimum atomic E-state index is -0.246. The first-order valence-electron chi connectivity index (χ1n) is 9.39. The van der Waals surface area contributed by atoms with E-state index in [2.05, 4.69) is 44.3 Å². The molecular formula is C21H24N4O2. The van der Waals surface area contributed by atoms with Crippen molar-refractivity contribution in [2.75, 3.05) is 20.2 Å². The Morgan fingerprint density at radius 3 is 2.89 bits per heavy atom. The third-order valence-corrected chi connectivity index (χ3v) is 5.35. The van der Waals surface area contributed by atoms with Gasteiger partial charge in [0.25, 0.3) is 0 Å². The van der Waals surface area contributed by atoms with Gasteiger partial charge in [-0.15, -0.1) is 0 Å². The van der Waals surface area contributed by atoms with E-state index in [-0.39, 0.29) is 12.4 Å². The molecule has 27 heavy (non-hydrogen) atoms. The molecule has 1 fully saturated rings. The molecule has 6 heteroatoms. The average molecular weight is 364 g/mol. The monoisotopic (exact) mass is 364 g/mol. The van der Waals surface area contributed by atoms with Crippen molar-refractivity contribution in [3.8, 4) is 0 Å². The van der Waals surface area contributed by atoms with E-state index in [1.165, 1.54) is 18.1 Å². The Morgan fingerprint density at radius 1 is 1.26 bits per heavy atom. The van der Waals surface area contributed by atoms with Crippen molar-refractivity contribution < 1.29 is 9.53 Å². The summed E-state index contributed by atoms with van der Waals surface area (Å²) in [6.45, 7) is 3.03. The molecule has 0 spiro atoms. The summed E-state index contributed by atoms with van der Waals surface area (Å²) in [6.07, 6.45) is 4.30. The van der Waals surface area contributed by atoms with Gasteiger partial charge in [-0.25, -0.2) is 0 Å².